The highest BCUT2D eigenvalue weighted by molar-refractivity contribution is 7.99. The van der Waals surface area contributed by atoms with Crippen LogP contribution in [0, 0.1) is 0 Å². The van der Waals surface area contributed by atoms with Gasteiger partial charge in [-0.2, -0.15) is 0 Å². The Labute approximate surface area is 114 Å². The summed E-state index contributed by atoms with van der Waals surface area (Å²) in [5, 5.41) is 3.96. The normalized spacial score (nSPS) is 10.3. The van der Waals surface area contributed by atoms with Gasteiger partial charge in [-0.1, -0.05) is 24.3 Å². The van der Waals surface area contributed by atoms with Crippen molar-refractivity contribution in [2.24, 2.45) is 5.73 Å². The maximum atomic E-state index is 11.2. The number of hydrogen-bond acceptors (Lipinski definition) is 4. The highest BCUT2D eigenvalue weighted by Crippen LogP contribution is 2.20. The lowest BCUT2D eigenvalue weighted by molar-refractivity contribution is -0.119. The van der Waals surface area contributed by atoms with Crippen molar-refractivity contribution in [2.75, 3.05) is 5.75 Å². The van der Waals surface area contributed by atoms with Crippen LogP contribution in [0.2, 0.25) is 0 Å². The lowest BCUT2D eigenvalue weighted by Crippen LogP contribution is -2.35. The Bertz CT molecular complexity index is 616. The van der Waals surface area contributed by atoms with Crippen LogP contribution < -0.4 is 11.1 Å². The Morgan fingerprint density at radius 1 is 1.21 bits per heavy atom. The van der Waals surface area contributed by atoms with E-state index in [1.54, 1.807) is 0 Å². The summed E-state index contributed by atoms with van der Waals surface area (Å²) in [6.07, 6.45) is 0.224. The second-order valence-corrected chi connectivity index (χ2v) is 4.97. The van der Waals surface area contributed by atoms with Gasteiger partial charge in [-0.25, -0.2) is 9.78 Å². The minimum absolute atomic E-state index is 0.224. The summed E-state index contributed by atoms with van der Waals surface area (Å²) >= 11 is 1.47. The van der Waals surface area contributed by atoms with Gasteiger partial charge in [0, 0.05) is 17.6 Å². The number of nitrogens with one attached hydrogen (secondary N) is 1. The molecule has 0 radical (unpaired) electrons. The fourth-order valence-corrected chi connectivity index (χ4v) is 2.40. The zero-order chi connectivity index (χ0) is 13.7. The number of hydrogen-bond donors (Lipinski definition) is 2. The van der Waals surface area contributed by atoms with Crippen LogP contribution >= 0.6 is 11.8 Å². The molecule has 0 bridgehead atoms. The van der Waals surface area contributed by atoms with Crippen LogP contribution in [0.3, 0.4) is 0 Å². The molecule has 6 heteroatoms. The summed E-state index contributed by atoms with van der Waals surface area (Å²) in [6.45, 7) is 0. The van der Waals surface area contributed by atoms with E-state index in [2.05, 4.69) is 4.98 Å². The highest BCUT2D eigenvalue weighted by Gasteiger charge is 2.05. The second-order valence-electron chi connectivity index (χ2n) is 3.85. The Morgan fingerprint density at radius 3 is 2.79 bits per heavy atom. The number of amides is 3. The van der Waals surface area contributed by atoms with Gasteiger partial charge in [-0.3, -0.25) is 10.1 Å². The van der Waals surface area contributed by atoms with Crippen LogP contribution in [-0.4, -0.2) is 22.7 Å². The van der Waals surface area contributed by atoms with Crippen molar-refractivity contribution < 1.29 is 9.59 Å². The van der Waals surface area contributed by atoms with Crippen LogP contribution in [0.5, 0.6) is 0 Å². The van der Waals surface area contributed by atoms with E-state index in [0.717, 1.165) is 15.9 Å². The number of urea groups is 1. The van der Waals surface area contributed by atoms with Gasteiger partial charge >= 0.3 is 6.03 Å². The molecule has 19 heavy (non-hydrogen) atoms. The van der Waals surface area contributed by atoms with Gasteiger partial charge < -0.3 is 5.73 Å². The quantitative estimate of drug-likeness (QED) is 0.835. The average Bonchev–Trinajstić information content (AvgIpc) is 2.37. The molecule has 1 aromatic heterocycles. The molecule has 2 aromatic rings. The molecule has 0 fully saturated rings. The third-order valence-corrected chi connectivity index (χ3v) is 3.35. The van der Waals surface area contributed by atoms with Crippen molar-refractivity contribution in [3.8, 4) is 0 Å². The first-order valence-corrected chi connectivity index (χ1v) is 6.71. The maximum absolute atomic E-state index is 11.2. The summed E-state index contributed by atoms with van der Waals surface area (Å²) in [5.41, 5.74) is 5.77. The SMILES string of the molecule is NC(=O)NC(=O)CCSc1ccc2ccccc2n1. The van der Waals surface area contributed by atoms with Crippen molar-refractivity contribution in [2.45, 2.75) is 11.4 Å². The second kappa shape index (κ2) is 6.19. The largest absolute Gasteiger partial charge is 0.351 e. The average molecular weight is 275 g/mol. The molecule has 0 unspecified atom stereocenters. The van der Waals surface area contributed by atoms with Crippen molar-refractivity contribution >= 4 is 34.6 Å². The molecular formula is C13H13N3O2S. The summed E-state index contributed by atoms with van der Waals surface area (Å²) in [5.74, 6) is 0.172. The Kier molecular flexibility index (Phi) is 4.35. The lowest BCUT2D eigenvalue weighted by atomic mass is 10.2. The number of nitrogens with two attached hydrogens (primary N) is 1. The molecule has 0 aliphatic carbocycles. The fraction of sp³-hybridized carbons (Fsp3) is 0.154. The number of para-hydroxylation sites is 1. The van der Waals surface area contributed by atoms with E-state index in [1.807, 2.05) is 41.7 Å². The number of rotatable bonds is 4. The van der Waals surface area contributed by atoms with Gasteiger partial charge in [0.15, 0.2) is 0 Å². The van der Waals surface area contributed by atoms with E-state index < -0.39 is 6.03 Å². The number of carbonyl (C=O) groups excluding carboxylic acids is 2. The molecule has 1 heterocycles. The molecule has 0 spiro atoms. The van der Waals surface area contributed by atoms with Crippen LogP contribution in [0.25, 0.3) is 10.9 Å². The number of fused-ring (bicyclic) bond motifs is 1. The number of aromatic nitrogens is 1. The minimum atomic E-state index is -0.821. The number of nitrogens with zero attached hydrogens (tertiary/aromatic N) is 1. The van der Waals surface area contributed by atoms with Crippen LogP contribution in [-0.2, 0) is 4.79 Å². The van der Waals surface area contributed by atoms with Gasteiger partial charge in [-0.05, 0) is 12.1 Å². The van der Waals surface area contributed by atoms with Crippen molar-refractivity contribution in [3.63, 3.8) is 0 Å². The first-order chi connectivity index (χ1) is 9.15. The van der Waals surface area contributed by atoms with Gasteiger partial charge in [-0.15, -0.1) is 11.8 Å². The Balaban J connectivity index is 1.91. The van der Waals surface area contributed by atoms with E-state index in [-0.39, 0.29) is 12.3 Å². The third kappa shape index (κ3) is 3.96. The first kappa shape index (κ1) is 13.4. The van der Waals surface area contributed by atoms with E-state index in [1.165, 1.54) is 11.8 Å². The maximum Gasteiger partial charge on any atom is 0.318 e. The van der Waals surface area contributed by atoms with Crippen molar-refractivity contribution in [1.29, 1.82) is 0 Å². The number of primary amides is 1. The molecule has 98 valence electrons. The minimum Gasteiger partial charge on any atom is -0.351 e. The standard InChI is InChI=1S/C13H13N3O2S/c14-13(18)16-11(17)7-8-19-12-6-5-9-3-1-2-4-10(9)15-12/h1-6H,7-8H2,(H3,14,16,17,18). The fourth-order valence-electron chi connectivity index (χ4n) is 1.58. The van der Waals surface area contributed by atoms with Crippen LogP contribution in [0.1, 0.15) is 6.42 Å². The van der Waals surface area contributed by atoms with E-state index in [0.29, 0.717) is 5.75 Å². The summed E-state index contributed by atoms with van der Waals surface area (Å²) in [6, 6.07) is 10.9. The molecule has 3 amide bonds. The molecule has 1 aromatic carbocycles. The first-order valence-electron chi connectivity index (χ1n) is 5.73. The molecule has 0 saturated carbocycles. The van der Waals surface area contributed by atoms with Gasteiger partial charge in [0.05, 0.1) is 10.5 Å². The number of carbonyl (C=O) groups is 2. The zero-order valence-corrected chi connectivity index (χ0v) is 10.9. The van der Waals surface area contributed by atoms with Gasteiger partial charge in [0.25, 0.3) is 0 Å². The van der Waals surface area contributed by atoms with E-state index in [4.69, 9.17) is 5.73 Å². The van der Waals surface area contributed by atoms with Crippen molar-refractivity contribution in [1.82, 2.24) is 10.3 Å². The molecule has 0 aliphatic rings. The number of benzene rings is 1. The number of pyridine rings is 1. The van der Waals surface area contributed by atoms with E-state index in [9.17, 15) is 9.59 Å². The topological polar surface area (TPSA) is 85.1 Å². The number of imide groups is 1. The zero-order valence-electron chi connectivity index (χ0n) is 10.1. The molecule has 5 nitrogen and oxygen atoms in total. The summed E-state index contributed by atoms with van der Waals surface area (Å²) < 4.78 is 0. The van der Waals surface area contributed by atoms with Crippen LogP contribution in [0.4, 0.5) is 4.79 Å². The molecule has 0 atom stereocenters. The Morgan fingerprint density at radius 2 is 2.00 bits per heavy atom. The predicted molar refractivity (Wildman–Crippen MR) is 74.8 cm³/mol. The molecule has 0 aliphatic heterocycles. The number of thioether (sulfide) groups is 1. The summed E-state index contributed by atoms with van der Waals surface area (Å²) in [4.78, 5) is 26.1. The predicted octanol–water partition coefficient (Wildman–Crippen LogP) is 1.91. The van der Waals surface area contributed by atoms with Gasteiger partial charge in [0.1, 0.15) is 0 Å². The third-order valence-electron chi connectivity index (χ3n) is 2.41. The van der Waals surface area contributed by atoms with Crippen LogP contribution in [0.15, 0.2) is 41.4 Å². The molecule has 2 rings (SSSR count). The molecule has 3 N–H and O–H groups in total. The van der Waals surface area contributed by atoms with Crippen molar-refractivity contribution in [3.05, 3.63) is 36.4 Å². The Hall–Kier alpha value is -2.08. The molecular weight excluding hydrogens is 262 g/mol. The van der Waals surface area contributed by atoms with Gasteiger partial charge in [0.2, 0.25) is 5.91 Å². The molecule has 0 saturated heterocycles. The highest BCUT2D eigenvalue weighted by atomic mass is 32.2. The summed E-state index contributed by atoms with van der Waals surface area (Å²) in [7, 11) is 0. The monoisotopic (exact) mass is 275 g/mol. The smallest absolute Gasteiger partial charge is 0.318 e. The van der Waals surface area contributed by atoms with E-state index >= 15 is 0 Å². The lowest BCUT2D eigenvalue weighted by Gasteiger charge is -2.03.